The zero-order valence-corrected chi connectivity index (χ0v) is 14.1. The van der Waals surface area contributed by atoms with Gasteiger partial charge in [0, 0.05) is 5.56 Å². The third kappa shape index (κ3) is 2.85. The van der Waals surface area contributed by atoms with E-state index in [9.17, 15) is 14.0 Å². The molecule has 24 heavy (non-hydrogen) atoms. The highest BCUT2D eigenvalue weighted by molar-refractivity contribution is 6.07. The average Bonchev–Trinajstić information content (AvgIpc) is 2.80. The molecule has 6 heteroatoms. The van der Waals surface area contributed by atoms with Crippen LogP contribution in [0.1, 0.15) is 44.6 Å². The molecular weight excluding hydrogens is 311 g/mol. The van der Waals surface area contributed by atoms with Gasteiger partial charge in [0.15, 0.2) is 0 Å². The van der Waals surface area contributed by atoms with Gasteiger partial charge < -0.3 is 10.1 Å². The summed E-state index contributed by atoms with van der Waals surface area (Å²) in [5, 5.41) is 2.89. The second-order valence-electron chi connectivity index (χ2n) is 6.71. The van der Waals surface area contributed by atoms with Crippen LogP contribution < -0.4 is 10.1 Å². The molecule has 0 atom stereocenters. The summed E-state index contributed by atoms with van der Waals surface area (Å²) in [5.74, 6) is 0.467. The van der Waals surface area contributed by atoms with Gasteiger partial charge in [-0.05, 0) is 49.8 Å². The van der Waals surface area contributed by atoms with E-state index in [1.54, 1.807) is 0 Å². The maximum atomic E-state index is 13.5. The van der Waals surface area contributed by atoms with Crippen LogP contribution in [0.25, 0.3) is 0 Å². The lowest BCUT2D eigenvalue weighted by molar-refractivity contribution is -0.133. The summed E-state index contributed by atoms with van der Waals surface area (Å²) in [6.07, 6.45) is 4.33. The van der Waals surface area contributed by atoms with E-state index >= 15 is 0 Å². The lowest BCUT2D eigenvalue weighted by Gasteiger charge is -2.34. The van der Waals surface area contributed by atoms with E-state index in [0.29, 0.717) is 30.1 Å². The molecule has 1 saturated carbocycles. The van der Waals surface area contributed by atoms with Crippen molar-refractivity contribution in [3.8, 4) is 5.75 Å². The Morgan fingerprint density at radius 2 is 2.04 bits per heavy atom. The van der Waals surface area contributed by atoms with Gasteiger partial charge in [0.2, 0.25) is 0 Å². The monoisotopic (exact) mass is 334 g/mol. The van der Waals surface area contributed by atoms with Crippen LogP contribution in [0.4, 0.5) is 9.18 Å². The molecule has 0 aromatic heterocycles. The van der Waals surface area contributed by atoms with Crippen LogP contribution in [0.5, 0.6) is 5.75 Å². The van der Waals surface area contributed by atoms with Crippen LogP contribution in [0.3, 0.4) is 0 Å². The van der Waals surface area contributed by atoms with Gasteiger partial charge >= 0.3 is 6.03 Å². The fraction of sp³-hybridized carbons (Fsp3) is 0.556. The Bertz CT molecular complexity index is 654. The Balaban J connectivity index is 1.79. The number of amides is 3. The molecule has 2 aliphatic rings. The smallest absolute Gasteiger partial charge is 0.325 e. The van der Waals surface area contributed by atoms with Crippen molar-refractivity contribution < 1.29 is 18.7 Å². The second kappa shape index (κ2) is 6.42. The largest absolute Gasteiger partial charge is 0.496 e. The van der Waals surface area contributed by atoms with E-state index < -0.39 is 17.4 Å². The highest BCUT2D eigenvalue weighted by atomic mass is 19.1. The Kier molecular flexibility index (Phi) is 4.47. The molecule has 5 nitrogen and oxygen atoms in total. The number of hydrogen-bond acceptors (Lipinski definition) is 3. The first-order valence-corrected chi connectivity index (χ1v) is 8.45. The fourth-order valence-corrected chi connectivity index (χ4v) is 3.78. The number of ether oxygens (including phenoxy) is 1. The van der Waals surface area contributed by atoms with Gasteiger partial charge in [-0.2, -0.15) is 0 Å². The number of methoxy groups -OCH3 is 1. The number of nitrogens with one attached hydrogen (secondary N) is 1. The standard InChI is InChI=1S/C18H23FN2O3/c1-3-12-6-8-18(9-7-12)16(22)21(17(23)20-18)11-13-10-14(19)4-5-15(13)24-2/h4-5,10,12H,3,6-9,11H2,1-2H3,(H,20,23). The highest BCUT2D eigenvalue weighted by Crippen LogP contribution is 2.38. The zero-order chi connectivity index (χ0) is 17.3. The summed E-state index contributed by atoms with van der Waals surface area (Å²) in [6, 6.07) is 3.70. The Morgan fingerprint density at radius 3 is 2.67 bits per heavy atom. The maximum absolute atomic E-state index is 13.5. The lowest BCUT2D eigenvalue weighted by atomic mass is 9.75. The second-order valence-corrected chi connectivity index (χ2v) is 6.71. The molecular formula is C18H23FN2O3. The summed E-state index contributed by atoms with van der Waals surface area (Å²) in [4.78, 5) is 26.4. The van der Waals surface area contributed by atoms with Crippen molar-refractivity contribution in [1.29, 1.82) is 0 Å². The van der Waals surface area contributed by atoms with Gasteiger partial charge in [0.05, 0.1) is 13.7 Å². The van der Waals surface area contributed by atoms with E-state index in [2.05, 4.69) is 12.2 Å². The maximum Gasteiger partial charge on any atom is 0.325 e. The summed E-state index contributed by atoms with van der Waals surface area (Å²) in [7, 11) is 1.48. The predicted molar refractivity (Wildman–Crippen MR) is 87.0 cm³/mol. The Morgan fingerprint density at radius 1 is 1.33 bits per heavy atom. The van der Waals surface area contributed by atoms with Crippen LogP contribution in [-0.4, -0.2) is 29.5 Å². The zero-order valence-electron chi connectivity index (χ0n) is 14.1. The Labute approximate surface area is 141 Å². The number of nitrogens with zero attached hydrogens (tertiary/aromatic N) is 1. The number of rotatable bonds is 4. The molecule has 0 radical (unpaired) electrons. The number of hydrogen-bond donors (Lipinski definition) is 1. The first-order chi connectivity index (χ1) is 11.5. The average molecular weight is 334 g/mol. The number of urea groups is 1. The molecule has 1 aromatic rings. The third-order valence-corrected chi connectivity index (χ3v) is 5.35. The van der Waals surface area contributed by atoms with Gasteiger partial charge in [0.1, 0.15) is 17.1 Å². The minimum atomic E-state index is -0.774. The normalized spacial score (nSPS) is 26.8. The van der Waals surface area contributed by atoms with Crippen LogP contribution in [0.2, 0.25) is 0 Å². The first-order valence-electron chi connectivity index (χ1n) is 8.45. The molecule has 130 valence electrons. The predicted octanol–water partition coefficient (Wildman–Crippen LogP) is 3.23. The molecule has 0 unspecified atom stereocenters. The first kappa shape index (κ1) is 16.7. The molecule has 1 saturated heterocycles. The molecule has 1 spiro atoms. The lowest BCUT2D eigenvalue weighted by Crippen LogP contribution is -2.49. The summed E-state index contributed by atoms with van der Waals surface area (Å²) >= 11 is 0. The van der Waals surface area contributed by atoms with E-state index in [-0.39, 0.29) is 12.5 Å². The molecule has 1 N–H and O–H groups in total. The number of benzene rings is 1. The number of carbonyl (C=O) groups excluding carboxylic acids is 2. The molecule has 0 bridgehead atoms. The van der Waals surface area contributed by atoms with Crippen molar-refractivity contribution in [2.75, 3.05) is 7.11 Å². The minimum Gasteiger partial charge on any atom is -0.496 e. The highest BCUT2D eigenvalue weighted by Gasteiger charge is 2.52. The number of carbonyl (C=O) groups is 2. The fourth-order valence-electron chi connectivity index (χ4n) is 3.78. The van der Waals surface area contributed by atoms with Crippen molar-refractivity contribution in [3.63, 3.8) is 0 Å². The molecule has 3 rings (SSSR count). The minimum absolute atomic E-state index is 0.0184. The van der Waals surface area contributed by atoms with Gasteiger partial charge in [-0.1, -0.05) is 13.3 Å². The summed E-state index contributed by atoms with van der Waals surface area (Å²) < 4.78 is 18.7. The third-order valence-electron chi connectivity index (χ3n) is 5.35. The molecule has 1 aromatic carbocycles. The quantitative estimate of drug-likeness (QED) is 0.860. The van der Waals surface area contributed by atoms with Gasteiger partial charge in [-0.3, -0.25) is 9.69 Å². The Hall–Kier alpha value is -2.11. The van der Waals surface area contributed by atoms with Crippen LogP contribution in [0.15, 0.2) is 18.2 Å². The van der Waals surface area contributed by atoms with Crippen molar-refractivity contribution in [2.45, 2.75) is 51.1 Å². The van der Waals surface area contributed by atoms with Crippen molar-refractivity contribution in [3.05, 3.63) is 29.6 Å². The van der Waals surface area contributed by atoms with Crippen molar-refractivity contribution in [1.82, 2.24) is 10.2 Å². The molecule has 1 heterocycles. The molecule has 1 aliphatic carbocycles. The van der Waals surface area contributed by atoms with E-state index in [0.717, 1.165) is 19.3 Å². The molecule has 1 aliphatic heterocycles. The van der Waals surface area contributed by atoms with E-state index in [4.69, 9.17) is 4.74 Å². The van der Waals surface area contributed by atoms with Crippen LogP contribution in [0, 0.1) is 11.7 Å². The van der Waals surface area contributed by atoms with E-state index in [1.165, 1.54) is 30.2 Å². The van der Waals surface area contributed by atoms with Crippen LogP contribution in [-0.2, 0) is 11.3 Å². The van der Waals surface area contributed by atoms with Gasteiger partial charge in [0.25, 0.3) is 5.91 Å². The summed E-state index contributed by atoms with van der Waals surface area (Å²) in [5.41, 5.74) is -0.288. The van der Waals surface area contributed by atoms with Crippen molar-refractivity contribution >= 4 is 11.9 Å². The number of imide groups is 1. The molecule has 2 fully saturated rings. The molecule has 3 amide bonds. The summed E-state index contributed by atoms with van der Waals surface area (Å²) in [6.45, 7) is 2.17. The van der Waals surface area contributed by atoms with Gasteiger partial charge in [-0.15, -0.1) is 0 Å². The topological polar surface area (TPSA) is 58.6 Å². The van der Waals surface area contributed by atoms with E-state index in [1.807, 2.05) is 0 Å². The number of halogens is 1. The van der Waals surface area contributed by atoms with Gasteiger partial charge in [-0.25, -0.2) is 9.18 Å². The van der Waals surface area contributed by atoms with Crippen LogP contribution >= 0.6 is 0 Å². The van der Waals surface area contributed by atoms with Crippen molar-refractivity contribution in [2.24, 2.45) is 5.92 Å². The SMILES string of the molecule is CCC1CCC2(CC1)NC(=O)N(Cc1cc(F)ccc1OC)C2=O.